The zero-order chi connectivity index (χ0) is 14.4. The number of thiazole rings is 1. The van der Waals surface area contributed by atoms with E-state index in [-0.39, 0.29) is 0 Å². The van der Waals surface area contributed by atoms with Crippen LogP contribution in [0.15, 0.2) is 29.6 Å². The van der Waals surface area contributed by atoms with Crippen LogP contribution in [0, 0.1) is 6.92 Å². The molecule has 2 rings (SSSR count). The Hall–Kier alpha value is -1.23. The molecule has 0 radical (unpaired) electrons. The van der Waals surface area contributed by atoms with E-state index in [1.54, 1.807) is 11.3 Å². The minimum absolute atomic E-state index is 0.878. The maximum Gasteiger partial charge on any atom is 0.107 e. The summed E-state index contributed by atoms with van der Waals surface area (Å²) >= 11 is 1.74. The van der Waals surface area contributed by atoms with Gasteiger partial charge < -0.3 is 5.32 Å². The van der Waals surface area contributed by atoms with E-state index in [4.69, 9.17) is 0 Å². The van der Waals surface area contributed by atoms with Crippen molar-refractivity contribution in [3.8, 4) is 0 Å². The van der Waals surface area contributed by atoms with Crippen LogP contribution in [0.5, 0.6) is 0 Å². The lowest BCUT2D eigenvalue weighted by molar-refractivity contribution is 0.315. The molecule has 1 N–H and O–H groups in total. The van der Waals surface area contributed by atoms with Gasteiger partial charge in [0.1, 0.15) is 5.01 Å². The molecule has 1 heterocycles. The molecule has 20 heavy (non-hydrogen) atoms. The fraction of sp³-hybridized carbons (Fsp3) is 0.438. The Morgan fingerprint density at radius 3 is 2.90 bits per heavy atom. The van der Waals surface area contributed by atoms with Gasteiger partial charge in [-0.3, -0.25) is 4.90 Å². The van der Waals surface area contributed by atoms with Crippen LogP contribution < -0.4 is 5.32 Å². The van der Waals surface area contributed by atoms with E-state index >= 15 is 0 Å². The summed E-state index contributed by atoms with van der Waals surface area (Å²) in [7, 11) is 2.14. The van der Waals surface area contributed by atoms with Crippen molar-refractivity contribution in [2.45, 2.75) is 33.5 Å². The molecule has 0 aliphatic heterocycles. The second-order valence-corrected chi connectivity index (χ2v) is 6.12. The number of hydrogen-bond acceptors (Lipinski definition) is 4. The topological polar surface area (TPSA) is 28.2 Å². The molecule has 0 atom stereocenters. The summed E-state index contributed by atoms with van der Waals surface area (Å²) in [6.45, 7) is 7.98. The van der Waals surface area contributed by atoms with Gasteiger partial charge in [0.05, 0.1) is 5.69 Å². The summed E-state index contributed by atoms with van der Waals surface area (Å²) in [5, 5.41) is 6.65. The highest BCUT2D eigenvalue weighted by molar-refractivity contribution is 7.09. The molecular weight excluding hydrogens is 266 g/mol. The number of aromatic nitrogens is 1. The van der Waals surface area contributed by atoms with E-state index in [0.717, 1.165) is 31.9 Å². The fourth-order valence-corrected chi connectivity index (χ4v) is 2.94. The van der Waals surface area contributed by atoms with Crippen molar-refractivity contribution >= 4 is 11.3 Å². The minimum atomic E-state index is 0.878. The van der Waals surface area contributed by atoms with Crippen molar-refractivity contribution in [2.75, 3.05) is 13.6 Å². The van der Waals surface area contributed by atoms with Gasteiger partial charge >= 0.3 is 0 Å². The molecule has 3 nitrogen and oxygen atoms in total. The van der Waals surface area contributed by atoms with E-state index in [1.807, 2.05) is 0 Å². The van der Waals surface area contributed by atoms with Crippen molar-refractivity contribution < 1.29 is 0 Å². The Kier molecular flexibility index (Phi) is 5.71. The van der Waals surface area contributed by atoms with Crippen molar-refractivity contribution in [2.24, 2.45) is 0 Å². The first-order valence-electron chi connectivity index (χ1n) is 7.05. The third-order valence-electron chi connectivity index (χ3n) is 3.09. The van der Waals surface area contributed by atoms with Crippen molar-refractivity contribution in [1.29, 1.82) is 0 Å². The molecule has 0 bridgehead atoms. The molecule has 1 aromatic carbocycles. The third kappa shape index (κ3) is 4.71. The predicted octanol–water partition coefficient (Wildman–Crippen LogP) is 3.19. The second-order valence-electron chi connectivity index (χ2n) is 5.17. The van der Waals surface area contributed by atoms with Gasteiger partial charge in [-0.15, -0.1) is 11.3 Å². The smallest absolute Gasteiger partial charge is 0.107 e. The van der Waals surface area contributed by atoms with Crippen LogP contribution in [-0.4, -0.2) is 23.5 Å². The molecule has 0 saturated heterocycles. The number of nitrogens with one attached hydrogen (secondary N) is 1. The number of nitrogens with zero attached hydrogens (tertiary/aromatic N) is 2. The summed E-state index contributed by atoms with van der Waals surface area (Å²) in [6.07, 6.45) is 0. The summed E-state index contributed by atoms with van der Waals surface area (Å²) in [5.41, 5.74) is 3.84. The molecule has 0 amide bonds. The van der Waals surface area contributed by atoms with E-state index < -0.39 is 0 Å². The molecule has 108 valence electrons. The lowest BCUT2D eigenvalue weighted by Crippen LogP contribution is -2.17. The van der Waals surface area contributed by atoms with Gasteiger partial charge in [-0.25, -0.2) is 4.98 Å². The summed E-state index contributed by atoms with van der Waals surface area (Å²) in [6, 6.07) is 8.68. The SMILES string of the molecule is CCNCc1nc(CN(C)Cc2cccc(C)c2)cs1. The molecular formula is C16H23N3S. The van der Waals surface area contributed by atoms with E-state index in [9.17, 15) is 0 Å². The average molecular weight is 289 g/mol. The highest BCUT2D eigenvalue weighted by Crippen LogP contribution is 2.13. The minimum Gasteiger partial charge on any atom is -0.311 e. The third-order valence-corrected chi connectivity index (χ3v) is 3.99. The normalized spacial score (nSPS) is 11.2. The maximum atomic E-state index is 4.66. The van der Waals surface area contributed by atoms with E-state index in [1.165, 1.54) is 16.1 Å². The first kappa shape index (κ1) is 15.2. The van der Waals surface area contributed by atoms with Gasteiger partial charge in [-0.05, 0) is 26.1 Å². The molecule has 2 aromatic rings. The van der Waals surface area contributed by atoms with Crippen LogP contribution in [0.3, 0.4) is 0 Å². The Morgan fingerprint density at radius 1 is 1.30 bits per heavy atom. The summed E-state index contributed by atoms with van der Waals surface area (Å²) in [5.74, 6) is 0. The highest BCUT2D eigenvalue weighted by atomic mass is 32.1. The van der Waals surface area contributed by atoms with Crippen LogP contribution in [0.1, 0.15) is 28.8 Å². The predicted molar refractivity (Wildman–Crippen MR) is 85.8 cm³/mol. The lowest BCUT2D eigenvalue weighted by atomic mass is 10.1. The molecule has 4 heteroatoms. The maximum absolute atomic E-state index is 4.66. The Morgan fingerprint density at radius 2 is 2.15 bits per heavy atom. The molecule has 0 saturated carbocycles. The van der Waals surface area contributed by atoms with E-state index in [2.05, 4.69) is 65.7 Å². The van der Waals surface area contributed by atoms with Gasteiger partial charge in [0.15, 0.2) is 0 Å². The fourth-order valence-electron chi connectivity index (χ4n) is 2.19. The average Bonchev–Trinajstić information content (AvgIpc) is 2.83. The van der Waals surface area contributed by atoms with Crippen LogP contribution in [0.25, 0.3) is 0 Å². The molecule has 0 spiro atoms. The molecule has 0 aliphatic rings. The number of hydrogen-bond donors (Lipinski definition) is 1. The van der Waals surface area contributed by atoms with Gasteiger partial charge in [0.2, 0.25) is 0 Å². The monoisotopic (exact) mass is 289 g/mol. The number of aryl methyl sites for hydroxylation is 1. The molecule has 1 aromatic heterocycles. The van der Waals surface area contributed by atoms with Gasteiger partial charge in [-0.2, -0.15) is 0 Å². The molecule has 0 aliphatic carbocycles. The highest BCUT2D eigenvalue weighted by Gasteiger charge is 2.06. The van der Waals surface area contributed by atoms with Gasteiger partial charge in [-0.1, -0.05) is 36.8 Å². The summed E-state index contributed by atoms with van der Waals surface area (Å²) in [4.78, 5) is 6.97. The molecule has 0 unspecified atom stereocenters. The quantitative estimate of drug-likeness (QED) is 0.848. The van der Waals surface area contributed by atoms with E-state index in [0.29, 0.717) is 0 Å². The summed E-state index contributed by atoms with van der Waals surface area (Å²) < 4.78 is 0. The zero-order valence-electron chi connectivity index (χ0n) is 12.5. The lowest BCUT2D eigenvalue weighted by Gasteiger charge is -2.15. The van der Waals surface area contributed by atoms with Crippen molar-refractivity contribution in [3.63, 3.8) is 0 Å². The van der Waals surface area contributed by atoms with Gasteiger partial charge in [0.25, 0.3) is 0 Å². The Bertz CT molecular complexity index is 536. The Balaban J connectivity index is 1.87. The standard InChI is InChI=1S/C16H23N3S/c1-4-17-9-16-18-15(12-20-16)11-19(3)10-14-7-5-6-13(2)8-14/h5-8,12,17H,4,9-11H2,1-3H3. The van der Waals surface area contributed by atoms with Crippen molar-refractivity contribution in [1.82, 2.24) is 15.2 Å². The second kappa shape index (κ2) is 7.53. The van der Waals surface area contributed by atoms with Gasteiger partial charge in [0, 0.05) is 25.0 Å². The number of benzene rings is 1. The largest absolute Gasteiger partial charge is 0.311 e. The van der Waals surface area contributed by atoms with Crippen LogP contribution in [0.4, 0.5) is 0 Å². The van der Waals surface area contributed by atoms with Crippen LogP contribution in [-0.2, 0) is 19.6 Å². The van der Waals surface area contributed by atoms with Crippen LogP contribution >= 0.6 is 11.3 Å². The zero-order valence-corrected chi connectivity index (χ0v) is 13.3. The molecule has 0 fully saturated rings. The van der Waals surface area contributed by atoms with Crippen molar-refractivity contribution in [3.05, 3.63) is 51.5 Å². The number of rotatable bonds is 7. The Labute approximate surface area is 125 Å². The van der Waals surface area contributed by atoms with Crippen LogP contribution in [0.2, 0.25) is 0 Å². The first-order valence-corrected chi connectivity index (χ1v) is 7.93. The first-order chi connectivity index (χ1) is 9.67.